The molecule has 0 aromatic carbocycles. The standard InChI is InChI=1S/C10H12Br2N2O/c11-7-5-9(13-6-8(7)12)14-4-2-1-3-10(14)15/h5-6,10,15H,1-4H2. The number of hydrogen-bond donors (Lipinski definition) is 1. The van der Waals surface area contributed by atoms with E-state index in [0.29, 0.717) is 0 Å². The van der Waals surface area contributed by atoms with Crippen LogP contribution in [0.25, 0.3) is 0 Å². The monoisotopic (exact) mass is 334 g/mol. The zero-order valence-electron chi connectivity index (χ0n) is 8.16. The van der Waals surface area contributed by atoms with Gasteiger partial charge in [0.15, 0.2) is 0 Å². The van der Waals surface area contributed by atoms with Crippen molar-refractivity contribution in [3.8, 4) is 0 Å². The van der Waals surface area contributed by atoms with Crippen molar-refractivity contribution in [3.63, 3.8) is 0 Å². The predicted molar refractivity (Wildman–Crippen MR) is 66.8 cm³/mol. The molecule has 1 fully saturated rings. The van der Waals surface area contributed by atoms with E-state index in [-0.39, 0.29) is 6.23 Å². The van der Waals surface area contributed by atoms with Gasteiger partial charge in [0.25, 0.3) is 0 Å². The summed E-state index contributed by atoms with van der Waals surface area (Å²) in [4.78, 5) is 6.25. The number of aliphatic hydroxyl groups excluding tert-OH is 1. The van der Waals surface area contributed by atoms with Crippen LogP contribution >= 0.6 is 31.9 Å². The van der Waals surface area contributed by atoms with E-state index in [1.54, 1.807) is 6.20 Å². The lowest BCUT2D eigenvalue weighted by molar-refractivity contribution is 0.139. The first-order valence-electron chi connectivity index (χ1n) is 4.94. The molecule has 0 bridgehead atoms. The number of aliphatic hydroxyl groups is 1. The van der Waals surface area contributed by atoms with Crippen molar-refractivity contribution in [1.29, 1.82) is 0 Å². The second kappa shape index (κ2) is 4.80. The maximum atomic E-state index is 9.84. The van der Waals surface area contributed by atoms with Crippen LogP contribution in [0.4, 0.5) is 5.82 Å². The summed E-state index contributed by atoms with van der Waals surface area (Å²) in [5.41, 5.74) is 0. The van der Waals surface area contributed by atoms with Crippen LogP contribution in [0, 0.1) is 0 Å². The second-order valence-corrected chi connectivity index (χ2v) is 5.34. The van der Waals surface area contributed by atoms with Gasteiger partial charge in [0.1, 0.15) is 12.0 Å². The number of aromatic nitrogens is 1. The second-order valence-electron chi connectivity index (χ2n) is 3.63. The van der Waals surface area contributed by atoms with E-state index < -0.39 is 0 Å². The molecule has 5 heteroatoms. The van der Waals surface area contributed by atoms with E-state index in [1.165, 1.54) is 0 Å². The Balaban J connectivity index is 2.24. The Kier molecular flexibility index (Phi) is 3.64. The predicted octanol–water partition coefficient (Wildman–Crippen LogP) is 2.92. The largest absolute Gasteiger partial charge is 0.374 e. The van der Waals surface area contributed by atoms with E-state index in [0.717, 1.165) is 40.6 Å². The molecule has 1 aliphatic rings. The third kappa shape index (κ3) is 2.52. The third-order valence-corrected chi connectivity index (χ3v) is 4.38. The highest BCUT2D eigenvalue weighted by atomic mass is 79.9. The normalized spacial score (nSPS) is 21.8. The molecule has 0 radical (unpaired) electrons. The van der Waals surface area contributed by atoms with E-state index in [4.69, 9.17) is 0 Å². The maximum absolute atomic E-state index is 9.84. The van der Waals surface area contributed by atoms with Crippen LogP contribution in [0.5, 0.6) is 0 Å². The van der Waals surface area contributed by atoms with Gasteiger partial charge in [-0.3, -0.25) is 0 Å². The van der Waals surface area contributed by atoms with Gasteiger partial charge in [-0.1, -0.05) is 0 Å². The van der Waals surface area contributed by atoms with Crippen molar-refractivity contribution >= 4 is 37.7 Å². The van der Waals surface area contributed by atoms with E-state index in [2.05, 4.69) is 36.8 Å². The summed E-state index contributed by atoms with van der Waals surface area (Å²) >= 11 is 6.82. The summed E-state index contributed by atoms with van der Waals surface area (Å²) in [5.74, 6) is 0.831. The first-order chi connectivity index (χ1) is 7.18. The lowest BCUT2D eigenvalue weighted by atomic mass is 10.1. The minimum Gasteiger partial charge on any atom is -0.374 e. The van der Waals surface area contributed by atoms with Crippen molar-refractivity contribution < 1.29 is 5.11 Å². The summed E-state index contributed by atoms with van der Waals surface area (Å²) < 4.78 is 1.89. The van der Waals surface area contributed by atoms with Gasteiger partial charge in [-0.25, -0.2) is 4.98 Å². The number of nitrogens with zero attached hydrogens (tertiary/aromatic N) is 2. The quantitative estimate of drug-likeness (QED) is 0.857. The van der Waals surface area contributed by atoms with Crippen LogP contribution in [0.2, 0.25) is 0 Å². The van der Waals surface area contributed by atoms with Gasteiger partial charge in [0.2, 0.25) is 0 Å². The van der Waals surface area contributed by atoms with Crippen molar-refractivity contribution in [2.75, 3.05) is 11.4 Å². The van der Waals surface area contributed by atoms with Gasteiger partial charge in [-0.2, -0.15) is 0 Å². The van der Waals surface area contributed by atoms with Gasteiger partial charge >= 0.3 is 0 Å². The molecule has 0 amide bonds. The molecule has 1 aromatic heterocycles. The molecular formula is C10H12Br2N2O. The molecule has 1 aliphatic heterocycles. The first kappa shape index (κ1) is 11.4. The summed E-state index contributed by atoms with van der Waals surface area (Å²) in [7, 11) is 0. The van der Waals surface area contributed by atoms with Crippen molar-refractivity contribution in [1.82, 2.24) is 4.98 Å². The number of pyridine rings is 1. The molecule has 0 saturated carbocycles. The fourth-order valence-electron chi connectivity index (χ4n) is 1.74. The minimum atomic E-state index is -0.390. The van der Waals surface area contributed by atoms with Gasteiger partial charge in [0.05, 0.1) is 4.47 Å². The van der Waals surface area contributed by atoms with Crippen LogP contribution in [0.1, 0.15) is 19.3 Å². The zero-order valence-corrected chi connectivity index (χ0v) is 11.3. The first-order valence-corrected chi connectivity index (χ1v) is 6.53. The summed E-state index contributed by atoms with van der Waals surface area (Å²) in [6.45, 7) is 0.877. The van der Waals surface area contributed by atoms with Crippen LogP contribution in [0.15, 0.2) is 21.2 Å². The Morgan fingerprint density at radius 2 is 2.13 bits per heavy atom. The summed E-state index contributed by atoms with van der Waals surface area (Å²) in [5, 5.41) is 9.84. The number of rotatable bonds is 1. The molecule has 0 aliphatic carbocycles. The van der Waals surface area contributed by atoms with Gasteiger partial charge < -0.3 is 10.0 Å². The SMILES string of the molecule is OC1CCCCN1c1cc(Br)c(Br)cn1. The molecule has 1 atom stereocenters. The Labute approximate surface area is 106 Å². The Bertz CT molecular complexity index is 359. The van der Waals surface area contributed by atoms with Crippen LogP contribution in [-0.4, -0.2) is 22.9 Å². The van der Waals surface area contributed by atoms with Crippen LogP contribution < -0.4 is 4.90 Å². The molecule has 82 valence electrons. The number of anilines is 1. The molecule has 1 N–H and O–H groups in total. The highest BCUT2D eigenvalue weighted by Gasteiger charge is 2.21. The number of halogens is 2. The third-order valence-electron chi connectivity index (χ3n) is 2.56. The Hall–Kier alpha value is -0.130. The Morgan fingerprint density at radius 3 is 2.80 bits per heavy atom. The average molecular weight is 336 g/mol. The molecule has 15 heavy (non-hydrogen) atoms. The van der Waals surface area contributed by atoms with Crippen molar-refractivity contribution in [2.45, 2.75) is 25.5 Å². The number of hydrogen-bond acceptors (Lipinski definition) is 3. The molecule has 1 unspecified atom stereocenters. The smallest absolute Gasteiger partial charge is 0.131 e. The molecule has 1 saturated heterocycles. The van der Waals surface area contributed by atoms with Crippen LogP contribution in [-0.2, 0) is 0 Å². The lowest BCUT2D eigenvalue weighted by Crippen LogP contribution is -2.39. The van der Waals surface area contributed by atoms with Crippen molar-refractivity contribution in [3.05, 3.63) is 21.2 Å². The topological polar surface area (TPSA) is 36.4 Å². The van der Waals surface area contributed by atoms with E-state index >= 15 is 0 Å². The fourth-order valence-corrected chi connectivity index (χ4v) is 2.27. The molecular weight excluding hydrogens is 324 g/mol. The van der Waals surface area contributed by atoms with Gasteiger partial charge in [-0.05, 0) is 57.2 Å². The highest BCUT2D eigenvalue weighted by molar-refractivity contribution is 9.13. The molecule has 2 rings (SSSR count). The lowest BCUT2D eigenvalue weighted by Gasteiger charge is -2.33. The fraction of sp³-hybridized carbons (Fsp3) is 0.500. The van der Waals surface area contributed by atoms with Gasteiger partial charge in [-0.15, -0.1) is 0 Å². The summed E-state index contributed by atoms with van der Waals surface area (Å²) in [6.07, 6.45) is 4.40. The molecule has 1 aromatic rings. The Morgan fingerprint density at radius 1 is 1.33 bits per heavy atom. The van der Waals surface area contributed by atoms with Gasteiger partial charge in [0, 0.05) is 17.2 Å². The highest BCUT2D eigenvalue weighted by Crippen LogP contribution is 2.28. The average Bonchev–Trinajstić information content (AvgIpc) is 2.23. The molecule has 3 nitrogen and oxygen atoms in total. The minimum absolute atomic E-state index is 0.390. The molecule has 2 heterocycles. The van der Waals surface area contributed by atoms with Crippen LogP contribution in [0.3, 0.4) is 0 Å². The van der Waals surface area contributed by atoms with Crippen molar-refractivity contribution in [2.24, 2.45) is 0 Å². The number of piperidine rings is 1. The molecule has 0 spiro atoms. The summed E-state index contributed by atoms with van der Waals surface area (Å²) in [6, 6.07) is 1.93. The van der Waals surface area contributed by atoms with E-state index in [9.17, 15) is 5.11 Å². The maximum Gasteiger partial charge on any atom is 0.131 e. The van der Waals surface area contributed by atoms with E-state index in [1.807, 2.05) is 11.0 Å². The zero-order chi connectivity index (χ0) is 10.8.